The second kappa shape index (κ2) is 7.76. The van der Waals surface area contributed by atoms with Crippen LogP contribution in [0.1, 0.15) is 31.7 Å². The smallest absolute Gasteiger partial charge is 0.310 e. The molecule has 0 aliphatic carbocycles. The van der Waals surface area contributed by atoms with Crippen LogP contribution in [0.2, 0.25) is 0 Å². The molecule has 1 unspecified atom stereocenters. The summed E-state index contributed by atoms with van der Waals surface area (Å²) in [6.07, 6.45) is 6.33. The maximum atomic E-state index is 12.3. The van der Waals surface area contributed by atoms with Gasteiger partial charge in [0.25, 0.3) is 0 Å². The fraction of sp³-hybridized carbons (Fsp3) is 0.562. The highest BCUT2D eigenvalue weighted by Crippen LogP contribution is 2.19. The summed E-state index contributed by atoms with van der Waals surface area (Å²) < 4.78 is 5.05. The molecule has 2 heterocycles. The van der Waals surface area contributed by atoms with Crippen molar-refractivity contribution in [3.05, 3.63) is 30.1 Å². The van der Waals surface area contributed by atoms with Crippen molar-refractivity contribution in [3.63, 3.8) is 0 Å². The Bertz CT molecular complexity index is 476. The first-order chi connectivity index (χ1) is 10.2. The Morgan fingerprint density at radius 3 is 2.86 bits per heavy atom. The van der Waals surface area contributed by atoms with Gasteiger partial charge in [0.05, 0.1) is 12.5 Å². The largest absolute Gasteiger partial charge is 0.466 e. The monoisotopic (exact) mass is 290 g/mol. The molecule has 1 aliphatic heterocycles. The third-order valence-corrected chi connectivity index (χ3v) is 3.77. The number of carbonyl (C=O) groups excluding carboxylic acids is 2. The summed E-state index contributed by atoms with van der Waals surface area (Å²) in [6, 6.07) is 3.84. The minimum absolute atomic E-state index is 0.112. The number of carbonyl (C=O) groups is 2. The zero-order valence-electron chi connectivity index (χ0n) is 12.5. The van der Waals surface area contributed by atoms with Crippen molar-refractivity contribution in [1.82, 2.24) is 9.88 Å². The van der Waals surface area contributed by atoms with E-state index in [1.807, 2.05) is 12.1 Å². The molecule has 1 amide bonds. The minimum atomic E-state index is -0.177. The summed E-state index contributed by atoms with van der Waals surface area (Å²) in [5.41, 5.74) is 1.11. The molecule has 2 rings (SSSR count). The van der Waals surface area contributed by atoms with Crippen LogP contribution in [-0.2, 0) is 20.7 Å². The summed E-state index contributed by atoms with van der Waals surface area (Å²) in [5, 5.41) is 0. The quantitative estimate of drug-likeness (QED) is 0.776. The Morgan fingerprint density at radius 2 is 2.14 bits per heavy atom. The van der Waals surface area contributed by atoms with E-state index in [1.165, 1.54) is 0 Å². The van der Waals surface area contributed by atoms with E-state index in [-0.39, 0.29) is 17.8 Å². The highest BCUT2D eigenvalue weighted by molar-refractivity contribution is 5.78. The zero-order valence-corrected chi connectivity index (χ0v) is 12.5. The van der Waals surface area contributed by atoms with Gasteiger partial charge in [0.1, 0.15) is 0 Å². The van der Waals surface area contributed by atoms with Crippen LogP contribution in [0.25, 0.3) is 0 Å². The maximum absolute atomic E-state index is 12.3. The van der Waals surface area contributed by atoms with Crippen LogP contribution in [0.3, 0.4) is 0 Å². The number of hydrogen-bond acceptors (Lipinski definition) is 4. The standard InChI is InChI=1S/C16H22N2O3/c1-2-21-16(20)14-4-3-11-18(12-14)15(19)6-5-13-7-9-17-10-8-13/h7-10,14H,2-6,11-12H2,1H3. The SMILES string of the molecule is CCOC(=O)C1CCCN(C(=O)CCc2ccncc2)C1. The Hall–Kier alpha value is -1.91. The van der Waals surface area contributed by atoms with E-state index in [4.69, 9.17) is 4.74 Å². The minimum Gasteiger partial charge on any atom is -0.466 e. The Balaban J connectivity index is 1.83. The second-order valence-electron chi connectivity index (χ2n) is 5.29. The van der Waals surface area contributed by atoms with Crippen LogP contribution in [-0.4, -0.2) is 41.5 Å². The normalized spacial score (nSPS) is 18.3. The molecule has 1 aromatic heterocycles. The van der Waals surface area contributed by atoms with Gasteiger partial charge in [-0.3, -0.25) is 14.6 Å². The molecule has 1 fully saturated rings. The number of nitrogens with zero attached hydrogens (tertiary/aromatic N) is 2. The molecule has 0 saturated carbocycles. The lowest BCUT2D eigenvalue weighted by Gasteiger charge is -2.31. The molecule has 0 bridgehead atoms. The molecule has 1 atom stereocenters. The molecule has 0 radical (unpaired) electrons. The van der Waals surface area contributed by atoms with Gasteiger partial charge in [-0.25, -0.2) is 0 Å². The fourth-order valence-corrected chi connectivity index (χ4v) is 2.62. The van der Waals surface area contributed by atoms with Crippen LogP contribution >= 0.6 is 0 Å². The van der Waals surface area contributed by atoms with Crippen LogP contribution in [0, 0.1) is 5.92 Å². The highest BCUT2D eigenvalue weighted by atomic mass is 16.5. The van der Waals surface area contributed by atoms with Crippen molar-refractivity contribution in [2.24, 2.45) is 5.92 Å². The van der Waals surface area contributed by atoms with E-state index < -0.39 is 0 Å². The highest BCUT2D eigenvalue weighted by Gasteiger charge is 2.28. The summed E-state index contributed by atoms with van der Waals surface area (Å²) in [5.74, 6) is -0.228. The number of amides is 1. The van der Waals surface area contributed by atoms with E-state index in [9.17, 15) is 9.59 Å². The molecule has 0 N–H and O–H groups in total. The van der Waals surface area contributed by atoms with Gasteiger partial charge in [0, 0.05) is 31.9 Å². The molecule has 21 heavy (non-hydrogen) atoms. The molecule has 5 nitrogen and oxygen atoms in total. The third kappa shape index (κ3) is 4.55. The number of esters is 1. The molecule has 1 aliphatic rings. The van der Waals surface area contributed by atoms with Gasteiger partial charge in [-0.05, 0) is 43.9 Å². The number of rotatable bonds is 5. The summed E-state index contributed by atoms with van der Waals surface area (Å²) >= 11 is 0. The summed E-state index contributed by atoms with van der Waals surface area (Å²) in [7, 11) is 0. The number of pyridine rings is 1. The van der Waals surface area contributed by atoms with E-state index in [1.54, 1.807) is 24.2 Å². The first kappa shape index (κ1) is 15.5. The molecule has 1 aromatic rings. The van der Waals surface area contributed by atoms with Gasteiger partial charge >= 0.3 is 5.97 Å². The topological polar surface area (TPSA) is 59.5 Å². The molecule has 0 spiro atoms. The van der Waals surface area contributed by atoms with Crippen LogP contribution in [0.5, 0.6) is 0 Å². The molecule has 1 saturated heterocycles. The number of likely N-dealkylation sites (tertiary alicyclic amines) is 1. The first-order valence-corrected chi connectivity index (χ1v) is 7.54. The van der Waals surface area contributed by atoms with E-state index in [0.717, 1.165) is 24.9 Å². The molecule has 114 valence electrons. The Labute approximate surface area is 125 Å². The van der Waals surface area contributed by atoms with Crippen LogP contribution in [0.15, 0.2) is 24.5 Å². The predicted molar refractivity (Wildman–Crippen MR) is 78.5 cm³/mol. The van der Waals surface area contributed by atoms with E-state index in [2.05, 4.69) is 4.98 Å². The van der Waals surface area contributed by atoms with Crippen molar-refractivity contribution in [2.75, 3.05) is 19.7 Å². The average molecular weight is 290 g/mol. The van der Waals surface area contributed by atoms with Crippen LogP contribution in [0.4, 0.5) is 0 Å². The zero-order chi connectivity index (χ0) is 15.1. The molecule has 0 aromatic carbocycles. The number of aryl methyl sites for hydroxylation is 1. The van der Waals surface area contributed by atoms with Crippen molar-refractivity contribution in [1.29, 1.82) is 0 Å². The first-order valence-electron chi connectivity index (χ1n) is 7.54. The molecule has 5 heteroatoms. The maximum Gasteiger partial charge on any atom is 0.310 e. The lowest BCUT2D eigenvalue weighted by atomic mass is 9.97. The number of aromatic nitrogens is 1. The fourth-order valence-electron chi connectivity index (χ4n) is 2.62. The van der Waals surface area contributed by atoms with E-state index >= 15 is 0 Å². The average Bonchev–Trinajstić information content (AvgIpc) is 2.54. The van der Waals surface area contributed by atoms with Gasteiger partial charge in [-0.2, -0.15) is 0 Å². The van der Waals surface area contributed by atoms with Gasteiger partial charge in [0.2, 0.25) is 5.91 Å². The van der Waals surface area contributed by atoms with Crippen molar-refractivity contribution >= 4 is 11.9 Å². The Morgan fingerprint density at radius 1 is 1.38 bits per heavy atom. The third-order valence-electron chi connectivity index (χ3n) is 3.77. The van der Waals surface area contributed by atoms with Crippen molar-refractivity contribution < 1.29 is 14.3 Å². The lowest BCUT2D eigenvalue weighted by Crippen LogP contribution is -2.42. The van der Waals surface area contributed by atoms with Gasteiger partial charge in [-0.1, -0.05) is 0 Å². The summed E-state index contributed by atoms with van der Waals surface area (Å²) in [6.45, 7) is 3.43. The van der Waals surface area contributed by atoms with Gasteiger partial charge in [0.15, 0.2) is 0 Å². The van der Waals surface area contributed by atoms with E-state index in [0.29, 0.717) is 26.0 Å². The van der Waals surface area contributed by atoms with Crippen LogP contribution < -0.4 is 0 Å². The number of piperidine rings is 1. The number of hydrogen-bond donors (Lipinski definition) is 0. The Kier molecular flexibility index (Phi) is 5.72. The number of ether oxygens (including phenoxy) is 1. The summed E-state index contributed by atoms with van der Waals surface area (Å²) in [4.78, 5) is 29.8. The predicted octanol–water partition coefficient (Wildman–Crippen LogP) is 1.82. The molecular weight excluding hydrogens is 268 g/mol. The molecular formula is C16H22N2O3. The van der Waals surface area contributed by atoms with Crippen molar-refractivity contribution in [2.45, 2.75) is 32.6 Å². The second-order valence-corrected chi connectivity index (χ2v) is 5.29. The van der Waals surface area contributed by atoms with Gasteiger partial charge in [-0.15, -0.1) is 0 Å². The lowest BCUT2D eigenvalue weighted by molar-refractivity contribution is -0.151. The van der Waals surface area contributed by atoms with Crippen molar-refractivity contribution in [3.8, 4) is 0 Å². The van der Waals surface area contributed by atoms with Gasteiger partial charge < -0.3 is 9.64 Å².